The third kappa shape index (κ3) is 5.46. The first-order valence-corrected chi connectivity index (χ1v) is 11.0. The molecule has 0 heterocycles. The van der Waals surface area contributed by atoms with E-state index in [1.807, 2.05) is 0 Å². The summed E-state index contributed by atoms with van der Waals surface area (Å²) in [5.41, 5.74) is 1.35. The average Bonchev–Trinajstić information content (AvgIpc) is 2.60. The maximum Gasteiger partial charge on any atom is 0.315 e. The summed E-state index contributed by atoms with van der Waals surface area (Å²) in [5.74, 6) is 0. The number of rotatable bonds is 6. The van der Waals surface area contributed by atoms with Gasteiger partial charge in [0.05, 0.1) is 4.90 Å². The molecular weight excluding hydrogens is 336 g/mol. The van der Waals surface area contributed by atoms with E-state index in [1.54, 1.807) is 24.3 Å². The van der Waals surface area contributed by atoms with Crippen LogP contribution in [0.1, 0.15) is 57.9 Å². The van der Waals surface area contributed by atoms with Crippen molar-refractivity contribution in [3.8, 4) is 0 Å². The van der Waals surface area contributed by atoms with E-state index in [4.69, 9.17) is 0 Å². The monoisotopic (exact) mass is 366 g/mol. The highest BCUT2D eigenvalue weighted by molar-refractivity contribution is 7.90. The molecule has 0 unspecified atom stereocenters. The van der Waals surface area contributed by atoms with Crippen LogP contribution in [-0.4, -0.2) is 26.7 Å². The van der Waals surface area contributed by atoms with Crippen LogP contribution in [-0.2, 0) is 16.4 Å². The smallest absolute Gasteiger partial charge is 0.315 e. The van der Waals surface area contributed by atoms with E-state index in [1.165, 1.54) is 31.9 Å². The van der Waals surface area contributed by atoms with Crippen molar-refractivity contribution in [1.29, 1.82) is 0 Å². The van der Waals surface area contributed by atoms with E-state index in [0.29, 0.717) is 16.9 Å². The highest BCUT2D eigenvalue weighted by Crippen LogP contribution is 2.41. The van der Waals surface area contributed by atoms with Crippen molar-refractivity contribution in [2.75, 3.05) is 6.26 Å². The normalized spacial score (nSPS) is 17.9. The number of carbonyl (C=O) groups is 1. The van der Waals surface area contributed by atoms with Crippen LogP contribution in [0, 0.1) is 5.41 Å². The minimum absolute atomic E-state index is 0.155. The van der Waals surface area contributed by atoms with Crippen LogP contribution in [0.4, 0.5) is 4.79 Å². The number of hydrogen-bond donors (Lipinski definition) is 2. The molecule has 2 amide bonds. The number of urea groups is 1. The van der Waals surface area contributed by atoms with Crippen molar-refractivity contribution < 1.29 is 13.2 Å². The molecule has 25 heavy (non-hydrogen) atoms. The Kier molecular flexibility index (Phi) is 6.49. The number of sulfone groups is 1. The molecule has 6 heteroatoms. The number of nitrogens with one attached hydrogen (secondary N) is 2. The van der Waals surface area contributed by atoms with Gasteiger partial charge < -0.3 is 10.6 Å². The molecule has 140 valence electrons. The topological polar surface area (TPSA) is 75.3 Å². The molecule has 0 radical (unpaired) electrons. The molecule has 0 aliphatic heterocycles. The van der Waals surface area contributed by atoms with Gasteiger partial charge in [0.25, 0.3) is 0 Å². The van der Waals surface area contributed by atoms with Gasteiger partial charge in [0, 0.05) is 18.8 Å². The van der Waals surface area contributed by atoms with Crippen molar-refractivity contribution in [3.05, 3.63) is 29.8 Å². The molecule has 2 rings (SSSR count). The SMILES string of the molecule is CCC1(CC)CCC(NC(=O)NCc2ccc(S(C)(=O)=O)cc2)CC1. The van der Waals surface area contributed by atoms with Crippen LogP contribution in [0.3, 0.4) is 0 Å². The van der Waals surface area contributed by atoms with Crippen LogP contribution < -0.4 is 10.6 Å². The Morgan fingerprint density at radius 2 is 1.68 bits per heavy atom. The first-order chi connectivity index (χ1) is 11.8. The van der Waals surface area contributed by atoms with Gasteiger partial charge in [-0.25, -0.2) is 13.2 Å². The molecule has 2 N–H and O–H groups in total. The van der Waals surface area contributed by atoms with Crippen LogP contribution in [0.2, 0.25) is 0 Å². The van der Waals surface area contributed by atoms with Gasteiger partial charge in [-0.05, 0) is 48.8 Å². The van der Waals surface area contributed by atoms with Crippen LogP contribution >= 0.6 is 0 Å². The lowest BCUT2D eigenvalue weighted by Gasteiger charge is -2.39. The first-order valence-electron chi connectivity index (χ1n) is 9.11. The molecular formula is C19H30N2O3S. The third-order valence-corrected chi connectivity index (χ3v) is 6.81. The van der Waals surface area contributed by atoms with Crippen molar-refractivity contribution in [1.82, 2.24) is 10.6 Å². The Balaban J connectivity index is 1.78. The molecule has 0 saturated heterocycles. The molecule has 5 nitrogen and oxygen atoms in total. The Hall–Kier alpha value is -1.56. The van der Waals surface area contributed by atoms with Crippen molar-refractivity contribution in [2.24, 2.45) is 5.41 Å². The quantitative estimate of drug-likeness (QED) is 0.807. The summed E-state index contributed by atoms with van der Waals surface area (Å²) in [6.07, 6.45) is 8.05. The highest BCUT2D eigenvalue weighted by atomic mass is 32.2. The maximum atomic E-state index is 12.1. The summed E-state index contributed by atoms with van der Waals surface area (Å²) in [6.45, 7) is 4.91. The zero-order valence-corrected chi connectivity index (χ0v) is 16.3. The standard InChI is InChI=1S/C19H30N2O3S/c1-4-19(5-2)12-10-16(11-13-19)21-18(22)20-14-15-6-8-17(9-7-15)25(3,23)24/h6-9,16H,4-5,10-14H2,1-3H3,(H2,20,21,22). The van der Waals surface area contributed by atoms with Gasteiger partial charge in [-0.3, -0.25) is 0 Å². The lowest BCUT2D eigenvalue weighted by Crippen LogP contribution is -2.44. The van der Waals surface area contributed by atoms with E-state index in [-0.39, 0.29) is 12.1 Å². The fraction of sp³-hybridized carbons (Fsp3) is 0.632. The zero-order chi connectivity index (χ0) is 18.5. The van der Waals surface area contributed by atoms with E-state index in [2.05, 4.69) is 24.5 Å². The Morgan fingerprint density at radius 1 is 1.12 bits per heavy atom. The lowest BCUT2D eigenvalue weighted by molar-refractivity contribution is 0.149. The van der Waals surface area contributed by atoms with E-state index in [0.717, 1.165) is 18.4 Å². The summed E-state index contributed by atoms with van der Waals surface area (Å²) in [4.78, 5) is 12.4. The number of carbonyl (C=O) groups excluding carboxylic acids is 1. The van der Waals surface area contributed by atoms with Gasteiger partial charge in [-0.15, -0.1) is 0 Å². The molecule has 0 spiro atoms. The molecule has 1 aromatic carbocycles. The summed E-state index contributed by atoms with van der Waals surface area (Å²) < 4.78 is 22.9. The van der Waals surface area contributed by atoms with E-state index < -0.39 is 9.84 Å². The third-order valence-electron chi connectivity index (χ3n) is 5.69. The van der Waals surface area contributed by atoms with Gasteiger partial charge in [0.1, 0.15) is 0 Å². The molecule has 0 aromatic heterocycles. The summed E-state index contributed by atoms with van der Waals surface area (Å²) in [6, 6.07) is 6.69. The Bertz CT molecular complexity index is 669. The van der Waals surface area contributed by atoms with Crippen molar-refractivity contribution in [3.63, 3.8) is 0 Å². The predicted molar refractivity (Wildman–Crippen MR) is 100 cm³/mol. The minimum Gasteiger partial charge on any atom is -0.335 e. The van der Waals surface area contributed by atoms with E-state index >= 15 is 0 Å². The Morgan fingerprint density at radius 3 is 2.16 bits per heavy atom. The molecule has 0 bridgehead atoms. The largest absolute Gasteiger partial charge is 0.335 e. The second-order valence-electron chi connectivity index (χ2n) is 7.22. The summed E-state index contributed by atoms with van der Waals surface area (Å²) in [7, 11) is -3.18. The number of benzene rings is 1. The molecule has 1 saturated carbocycles. The fourth-order valence-electron chi connectivity index (χ4n) is 3.60. The number of amides is 2. The second-order valence-corrected chi connectivity index (χ2v) is 9.24. The second kappa shape index (κ2) is 8.21. The molecule has 1 fully saturated rings. The maximum absolute atomic E-state index is 12.1. The molecule has 0 atom stereocenters. The van der Waals surface area contributed by atoms with Gasteiger partial charge in [0.2, 0.25) is 0 Å². The lowest BCUT2D eigenvalue weighted by atomic mass is 9.69. The van der Waals surface area contributed by atoms with Crippen LogP contribution in [0.25, 0.3) is 0 Å². The highest BCUT2D eigenvalue weighted by Gasteiger charge is 2.32. The molecule has 1 aliphatic carbocycles. The number of hydrogen-bond acceptors (Lipinski definition) is 3. The fourth-order valence-corrected chi connectivity index (χ4v) is 4.24. The van der Waals surface area contributed by atoms with Crippen LogP contribution in [0.5, 0.6) is 0 Å². The van der Waals surface area contributed by atoms with Crippen molar-refractivity contribution >= 4 is 15.9 Å². The van der Waals surface area contributed by atoms with Crippen LogP contribution in [0.15, 0.2) is 29.2 Å². The van der Waals surface area contributed by atoms with Gasteiger partial charge in [-0.2, -0.15) is 0 Å². The van der Waals surface area contributed by atoms with Crippen molar-refractivity contribution in [2.45, 2.75) is 69.9 Å². The average molecular weight is 367 g/mol. The van der Waals surface area contributed by atoms with Gasteiger partial charge in [0.15, 0.2) is 9.84 Å². The summed E-state index contributed by atoms with van der Waals surface area (Å²) >= 11 is 0. The van der Waals surface area contributed by atoms with E-state index in [9.17, 15) is 13.2 Å². The molecule has 1 aromatic rings. The first kappa shape index (κ1) is 19.8. The van der Waals surface area contributed by atoms with Gasteiger partial charge >= 0.3 is 6.03 Å². The van der Waals surface area contributed by atoms with Gasteiger partial charge in [-0.1, -0.05) is 38.8 Å². The molecule has 1 aliphatic rings. The summed E-state index contributed by atoms with van der Waals surface area (Å²) in [5, 5.41) is 5.92. The predicted octanol–water partition coefficient (Wildman–Crippen LogP) is 3.64. The zero-order valence-electron chi connectivity index (χ0n) is 15.5. The Labute approximate surface area is 151 Å². The minimum atomic E-state index is -3.18.